The molecule has 1 aromatic carbocycles. The number of para-hydroxylation sites is 1. The predicted molar refractivity (Wildman–Crippen MR) is 52.8 cm³/mol. The summed E-state index contributed by atoms with van der Waals surface area (Å²) in [6.07, 6.45) is 0. The summed E-state index contributed by atoms with van der Waals surface area (Å²) in [6, 6.07) is 6.05. The van der Waals surface area contributed by atoms with Gasteiger partial charge in [0.1, 0.15) is 0 Å². The van der Waals surface area contributed by atoms with Crippen molar-refractivity contribution in [2.75, 3.05) is 0 Å². The van der Waals surface area contributed by atoms with Gasteiger partial charge in [0.2, 0.25) is 0 Å². The van der Waals surface area contributed by atoms with Gasteiger partial charge in [-0.2, -0.15) is 0 Å². The third-order valence-electron chi connectivity index (χ3n) is 1.85. The number of nitro benzene ring substituents is 1. The lowest BCUT2D eigenvalue weighted by atomic mass is 10.0. The molecule has 0 saturated carbocycles. The molecule has 0 amide bonds. The Morgan fingerprint density at radius 1 is 1.43 bits per heavy atom. The Balaban J connectivity index is 3.27. The molecule has 0 bridgehead atoms. The van der Waals surface area contributed by atoms with Crippen LogP contribution < -0.4 is 0 Å². The number of rotatable bonds is 3. The number of Topliss-reactive ketones (excluding diaryl/α,β-unsaturated/α-hetero) is 1. The second kappa shape index (κ2) is 3.83. The Morgan fingerprint density at radius 3 is 2.50 bits per heavy atom. The smallest absolute Gasteiger partial charge is 0.277 e. The highest BCUT2D eigenvalue weighted by molar-refractivity contribution is 6.19. The fraction of sp³-hybridized carbons (Fsp3) is 0.100. The van der Waals surface area contributed by atoms with Crippen molar-refractivity contribution in [1.29, 1.82) is 0 Å². The van der Waals surface area contributed by atoms with E-state index in [2.05, 4.69) is 6.58 Å². The van der Waals surface area contributed by atoms with E-state index in [9.17, 15) is 14.9 Å². The molecule has 0 spiro atoms. The van der Waals surface area contributed by atoms with Crippen LogP contribution in [0, 0.1) is 10.1 Å². The van der Waals surface area contributed by atoms with Gasteiger partial charge in [0, 0.05) is 11.6 Å². The Labute approximate surface area is 81.0 Å². The maximum absolute atomic E-state index is 11.0. The van der Waals surface area contributed by atoms with Crippen LogP contribution in [0.25, 0.3) is 5.57 Å². The third-order valence-corrected chi connectivity index (χ3v) is 1.85. The number of nitrogens with zero attached hydrogens (tertiary/aromatic N) is 1. The highest BCUT2D eigenvalue weighted by Gasteiger charge is 2.16. The Hall–Kier alpha value is -1.97. The van der Waals surface area contributed by atoms with Crippen molar-refractivity contribution in [2.24, 2.45) is 0 Å². The number of carbonyl (C=O) groups excluding carboxylic acids is 1. The van der Waals surface area contributed by atoms with Crippen molar-refractivity contribution >= 4 is 17.0 Å². The molecule has 0 aliphatic heterocycles. The van der Waals surface area contributed by atoms with E-state index < -0.39 is 4.92 Å². The second-order valence-corrected chi connectivity index (χ2v) is 2.81. The second-order valence-electron chi connectivity index (χ2n) is 2.81. The first-order chi connectivity index (χ1) is 6.54. The van der Waals surface area contributed by atoms with Crippen LogP contribution >= 0.6 is 0 Å². The molecular formula is C10H9NO3. The summed E-state index contributed by atoms with van der Waals surface area (Å²) >= 11 is 0. The van der Waals surface area contributed by atoms with E-state index in [1.165, 1.54) is 19.1 Å². The van der Waals surface area contributed by atoms with Gasteiger partial charge in [-0.15, -0.1) is 0 Å². The van der Waals surface area contributed by atoms with Crippen LogP contribution in [-0.4, -0.2) is 10.7 Å². The highest BCUT2D eigenvalue weighted by Crippen LogP contribution is 2.24. The van der Waals surface area contributed by atoms with Gasteiger partial charge < -0.3 is 0 Å². The number of ketones is 1. The lowest BCUT2D eigenvalue weighted by Crippen LogP contribution is -1.99. The summed E-state index contributed by atoms with van der Waals surface area (Å²) in [5, 5.41) is 10.6. The Morgan fingerprint density at radius 2 is 2.00 bits per heavy atom. The van der Waals surface area contributed by atoms with E-state index in [0.29, 0.717) is 0 Å². The minimum Gasteiger partial charge on any atom is -0.295 e. The lowest BCUT2D eigenvalue weighted by Gasteiger charge is -2.01. The Kier molecular flexibility index (Phi) is 2.76. The maximum Gasteiger partial charge on any atom is 0.277 e. The van der Waals surface area contributed by atoms with Gasteiger partial charge in [-0.3, -0.25) is 14.9 Å². The van der Waals surface area contributed by atoms with Crippen LogP contribution in [0.3, 0.4) is 0 Å². The van der Waals surface area contributed by atoms with Crippen LogP contribution in [0.15, 0.2) is 30.8 Å². The number of hydrogen-bond acceptors (Lipinski definition) is 3. The molecule has 0 aliphatic carbocycles. The van der Waals surface area contributed by atoms with Gasteiger partial charge in [0.05, 0.1) is 10.5 Å². The van der Waals surface area contributed by atoms with Crippen molar-refractivity contribution in [1.82, 2.24) is 0 Å². The molecule has 0 atom stereocenters. The van der Waals surface area contributed by atoms with E-state index in [-0.39, 0.29) is 22.6 Å². The highest BCUT2D eigenvalue weighted by atomic mass is 16.6. The monoisotopic (exact) mass is 191 g/mol. The average molecular weight is 191 g/mol. The first-order valence-electron chi connectivity index (χ1n) is 3.97. The fourth-order valence-electron chi connectivity index (χ4n) is 1.08. The van der Waals surface area contributed by atoms with Gasteiger partial charge in [-0.1, -0.05) is 18.7 Å². The summed E-state index contributed by atoms with van der Waals surface area (Å²) in [7, 11) is 0. The molecule has 4 heteroatoms. The minimum absolute atomic E-state index is 0.0901. The van der Waals surface area contributed by atoms with Crippen molar-refractivity contribution in [3.8, 4) is 0 Å². The standard InChI is InChI=1S/C10H9NO3/c1-7(8(2)12)9-5-3-4-6-10(9)11(13)14/h3-6H,1H2,2H3. The third kappa shape index (κ3) is 1.85. The van der Waals surface area contributed by atoms with Crippen LogP contribution in [-0.2, 0) is 4.79 Å². The molecule has 0 radical (unpaired) electrons. The normalized spacial score (nSPS) is 9.50. The molecule has 0 saturated heterocycles. The minimum atomic E-state index is -0.524. The molecule has 0 heterocycles. The van der Waals surface area contributed by atoms with Gasteiger partial charge in [-0.25, -0.2) is 0 Å². The fourth-order valence-corrected chi connectivity index (χ4v) is 1.08. The summed E-state index contributed by atoms with van der Waals surface area (Å²) < 4.78 is 0. The molecule has 0 unspecified atom stereocenters. The van der Waals surface area contributed by atoms with Crippen LogP contribution in [0.2, 0.25) is 0 Å². The topological polar surface area (TPSA) is 60.2 Å². The van der Waals surface area contributed by atoms with Gasteiger partial charge in [0.15, 0.2) is 5.78 Å². The number of allylic oxidation sites excluding steroid dienone is 1. The predicted octanol–water partition coefficient (Wildman–Crippen LogP) is 2.20. The maximum atomic E-state index is 11.0. The molecular weight excluding hydrogens is 182 g/mol. The van der Waals surface area contributed by atoms with Crippen molar-refractivity contribution in [3.63, 3.8) is 0 Å². The molecule has 1 aromatic rings. The molecule has 72 valence electrons. The molecule has 1 rings (SSSR count). The van der Waals surface area contributed by atoms with E-state index >= 15 is 0 Å². The van der Waals surface area contributed by atoms with Crippen molar-refractivity contribution in [3.05, 3.63) is 46.5 Å². The van der Waals surface area contributed by atoms with Crippen LogP contribution in [0.4, 0.5) is 5.69 Å². The lowest BCUT2D eigenvalue weighted by molar-refractivity contribution is -0.385. The van der Waals surface area contributed by atoms with Gasteiger partial charge in [0.25, 0.3) is 5.69 Å². The zero-order valence-electron chi connectivity index (χ0n) is 7.69. The summed E-state index contributed by atoms with van der Waals surface area (Å²) in [5.74, 6) is -0.265. The SMILES string of the molecule is C=C(C(C)=O)c1ccccc1[N+](=O)[O-]. The molecule has 0 aromatic heterocycles. The summed E-state index contributed by atoms with van der Waals surface area (Å²) in [4.78, 5) is 21.1. The van der Waals surface area contributed by atoms with Crippen LogP contribution in [0.5, 0.6) is 0 Å². The first kappa shape index (κ1) is 10.1. The van der Waals surface area contributed by atoms with Gasteiger partial charge >= 0.3 is 0 Å². The van der Waals surface area contributed by atoms with E-state index in [0.717, 1.165) is 0 Å². The average Bonchev–Trinajstić information content (AvgIpc) is 2.16. The number of nitro groups is 1. The largest absolute Gasteiger partial charge is 0.295 e. The zero-order valence-corrected chi connectivity index (χ0v) is 7.69. The summed E-state index contributed by atoms with van der Waals surface area (Å²) in [6.45, 7) is 4.85. The first-order valence-corrected chi connectivity index (χ1v) is 3.97. The number of benzene rings is 1. The molecule has 14 heavy (non-hydrogen) atoms. The number of carbonyl (C=O) groups is 1. The molecule has 0 N–H and O–H groups in total. The van der Waals surface area contributed by atoms with Crippen LogP contribution in [0.1, 0.15) is 12.5 Å². The number of hydrogen-bond donors (Lipinski definition) is 0. The summed E-state index contributed by atoms with van der Waals surface area (Å²) in [5.41, 5.74) is 0.356. The zero-order chi connectivity index (χ0) is 10.7. The van der Waals surface area contributed by atoms with Crippen molar-refractivity contribution < 1.29 is 9.72 Å². The molecule has 0 fully saturated rings. The van der Waals surface area contributed by atoms with Crippen molar-refractivity contribution in [2.45, 2.75) is 6.92 Å². The Bertz CT molecular complexity index is 410. The molecule has 0 aliphatic rings. The van der Waals surface area contributed by atoms with E-state index in [1.54, 1.807) is 12.1 Å². The quantitative estimate of drug-likeness (QED) is 0.418. The molecule has 4 nitrogen and oxygen atoms in total. The van der Waals surface area contributed by atoms with E-state index in [1.807, 2.05) is 0 Å². The van der Waals surface area contributed by atoms with Gasteiger partial charge in [-0.05, 0) is 13.0 Å². The van der Waals surface area contributed by atoms with E-state index in [4.69, 9.17) is 0 Å².